The van der Waals surface area contributed by atoms with E-state index in [0.717, 1.165) is 31.0 Å². The lowest BCUT2D eigenvalue weighted by Gasteiger charge is -2.31. The first-order valence-electron chi connectivity index (χ1n) is 11.6. The minimum atomic E-state index is -1.13. The number of nitrogens with zero attached hydrogens (tertiary/aromatic N) is 1. The summed E-state index contributed by atoms with van der Waals surface area (Å²) < 4.78 is 52.4. The van der Waals surface area contributed by atoms with Crippen LogP contribution in [0.15, 0.2) is 30.3 Å². The topological polar surface area (TPSA) is 97.0 Å². The molecule has 2 aliphatic rings. The van der Waals surface area contributed by atoms with Gasteiger partial charge in [-0.3, -0.25) is 9.59 Å². The van der Waals surface area contributed by atoms with Gasteiger partial charge in [-0.2, -0.15) is 0 Å². The zero-order valence-corrected chi connectivity index (χ0v) is 19.6. The van der Waals surface area contributed by atoms with Crippen molar-refractivity contribution >= 4 is 23.6 Å². The van der Waals surface area contributed by atoms with E-state index in [1.807, 2.05) is 0 Å². The number of halogens is 3. The van der Waals surface area contributed by atoms with Gasteiger partial charge in [-0.15, -0.1) is 0 Å². The summed E-state index contributed by atoms with van der Waals surface area (Å²) >= 11 is 0. The van der Waals surface area contributed by atoms with E-state index >= 15 is 0 Å². The van der Waals surface area contributed by atoms with E-state index in [1.165, 1.54) is 19.1 Å². The summed E-state index contributed by atoms with van der Waals surface area (Å²) in [6, 6.07) is 4.40. The molecule has 2 N–H and O–H groups in total. The first-order valence-corrected chi connectivity index (χ1v) is 11.6. The number of likely N-dealkylation sites (tertiary alicyclic amines) is 1. The van der Waals surface area contributed by atoms with Crippen LogP contribution in [0, 0.1) is 23.4 Å². The lowest BCUT2D eigenvalue weighted by atomic mass is 9.96. The second-order valence-corrected chi connectivity index (χ2v) is 8.80. The Morgan fingerprint density at radius 1 is 1.03 bits per heavy atom. The van der Waals surface area contributed by atoms with Gasteiger partial charge in [0, 0.05) is 38.2 Å². The molecule has 0 aromatic heterocycles. The predicted molar refractivity (Wildman–Crippen MR) is 123 cm³/mol. The molecule has 0 saturated carbocycles. The fourth-order valence-corrected chi connectivity index (χ4v) is 4.37. The summed E-state index contributed by atoms with van der Waals surface area (Å²) in [6.45, 7) is 3.02. The summed E-state index contributed by atoms with van der Waals surface area (Å²) in [4.78, 5) is 38.4. The minimum absolute atomic E-state index is 0.00547. The van der Waals surface area contributed by atoms with Crippen molar-refractivity contribution in [3.63, 3.8) is 0 Å². The smallest absolute Gasteiger partial charge is 0.407 e. The standard InChI is InChI=1S/C25H26F3N3O5/c1-14(32)31-9-6-15(7-10-31)13-36-25(34)30-21-8-11-35-23-17(3-5-19(27)22(21)23)24(33)29-16-2-4-18(26)20(28)12-16/h2-5,12,15,21H,6-11,13H2,1H3,(H,29,33)(H,30,34)/t21-/m0/s1. The third-order valence-corrected chi connectivity index (χ3v) is 6.37. The summed E-state index contributed by atoms with van der Waals surface area (Å²) in [6.07, 6.45) is 0.971. The summed E-state index contributed by atoms with van der Waals surface area (Å²) in [5, 5.41) is 5.08. The van der Waals surface area contributed by atoms with Crippen LogP contribution < -0.4 is 15.4 Å². The molecule has 1 fully saturated rings. The van der Waals surface area contributed by atoms with Crippen molar-refractivity contribution in [2.24, 2.45) is 5.92 Å². The average Bonchev–Trinajstić information content (AvgIpc) is 2.85. The number of fused-ring (bicyclic) bond motifs is 1. The monoisotopic (exact) mass is 505 g/mol. The van der Waals surface area contributed by atoms with Crippen LogP contribution in [0.4, 0.5) is 23.7 Å². The van der Waals surface area contributed by atoms with E-state index < -0.39 is 35.5 Å². The van der Waals surface area contributed by atoms with Crippen molar-refractivity contribution in [3.8, 4) is 5.75 Å². The Morgan fingerprint density at radius 2 is 1.75 bits per heavy atom. The number of carbonyl (C=O) groups excluding carboxylic acids is 3. The van der Waals surface area contributed by atoms with Gasteiger partial charge in [-0.25, -0.2) is 18.0 Å². The van der Waals surface area contributed by atoms with E-state index in [9.17, 15) is 27.6 Å². The maximum Gasteiger partial charge on any atom is 0.407 e. The van der Waals surface area contributed by atoms with Crippen LogP contribution in [0.2, 0.25) is 0 Å². The molecule has 4 rings (SSSR count). The van der Waals surface area contributed by atoms with Crippen LogP contribution in [0.5, 0.6) is 5.75 Å². The Morgan fingerprint density at radius 3 is 2.44 bits per heavy atom. The number of carbonyl (C=O) groups is 3. The van der Waals surface area contributed by atoms with Gasteiger partial charge in [-0.05, 0) is 43.0 Å². The number of nitrogens with one attached hydrogen (secondary N) is 2. The SMILES string of the molecule is CC(=O)N1CCC(COC(=O)N[C@H]2CCOc3c(C(=O)Nc4ccc(F)c(F)c4)ccc(F)c32)CC1. The van der Waals surface area contributed by atoms with Crippen molar-refractivity contribution in [2.45, 2.75) is 32.2 Å². The van der Waals surface area contributed by atoms with E-state index in [0.29, 0.717) is 13.1 Å². The van der Waals surface area contributed by atoms with Crippen molar-refractivity contribution in [2.75, 3.05) is 31.6 Å². The van der Waals surface area contributed by atoms with Crippen LogP contribution in [-0.2, 0) is 9.53 Å². The van der Waals surface area contributed by atoms with Gasteiger partial charge in [0.2, 0.25) is 5.91 Å². The number of hydrogen-bond donors (Lipinski definition) is 2. The second kappa shape index (κ2) is 10.9. The number of rotatable bonds is 5. The number of anilines is 1. The third-order valence-electron chi connectivity index (χ3n) is 6.37. The largest absolute Gasteiger partial charge is 0.492 e. The molecule has 0 bridgehead atoms. The Bertz CT molecular complexity index is 1170. The normalized spacial score (nSPS) is 17.6. The van der Waals surface area contributed by atoms with Gasteiger partial charge in [0.05, 0.1) is 30.4 Å². The number of piperidine rings is 1. The van der Waals surface area contributed by atoms with Crippen molar-refractivity contribution < 1.29 is 37.0 Å². The molecule has 0 radical (unpaired) electrons. The third kappa shape index (κ3) is 5.72. The van der Waals surface area contributed by atoms with Crippen molar-refractivity contribution in [3.05, 3.63) is 58.9 Å². The lowest BCUT2D eigenvalue weighted by molar-refractivity contribution is -0.130. The van der Waals surface area contributed by atoms with Gasteiger partial charge in [-0.1, -0.05) is 0 Å². The summed E-state index contributed by atoms with van der Waals surface area (Å²) in [7, 11) is 0. The molecule has 1 saturated heterocycles. The van der Waals surface area contributed by atoms with Gasteiger partial charge in [0.25, 0.3) is 5.91 Å². The average molecular weight is 505 g/mol. The first kappa shape index (κ1) is 25.3. The van der Waals surface area contributed by atoms with Crippen LogP contribution in [0.25, 0.3) is 0 Å². The number of alkyl carbamates (subject to hydrolysis) is 1. The highest BCUT2D eigenvalue weighted by atomic mass is 19.2. The highest BCUT2D eigenvalue weighted by Gasteiger charge is 2.31. The number of ether oxygens (including phenoxy) is 2. The molecule has 2 heterocycles. The molecule has 0 aliphatic carbocycles. The molecule has 2 aromatic carbocycles. The quantitative estimate of drug-likeness (QED) is 0.636. The van der Waals surface area contributed by atoms with E-state index in [-0.39, 0.29) is 54.0 Å². The Labute approximate surface area is 205 Å². The van der Waals surface area contributed by atoms with Crippen LogP contribution in [0.3, 0.4) is 0 Å². The Hall–Kier alpha value is -3.76. The van der Waals surface area contributed by atoms with Gasteiger partial charge in [0.1, 0.15) is 11.6 Å². The minimum Gasteiger partial charge on any atom is -0.492 e. The first-order chi connectivity index (χ1) is 17.2. The fraction of sp³-hybridized carbons (Fsp3) is 0.400. The maximum atomic E-state index is 14.8. The molecule has 1 atom stereocenters. The lowest BCUT2D eigenvalue weighted by Crippen LogP contribution is -2.39. The van der Waals surface area contributed by atoms with Crippen LogP contribution >= 0.6 is 0 Å². The van der Waals surface area contributed by atoms with Gasteiger partial charge >= 0.3 is 6.09 Å². The Balaban J connectivity index is 1.41. The Kier molecular flexibility index (Phi) is 7.66. The molecule has 2 aromatic rings. The van der Waals surface area contributed by atoms with Crippen molar-refractivity contribution in [1.82, 2.24) is 10.2 Å². The maximum absolute atomic E-state index is 14.8. The molecule has 192 valence electrons. The summed E-state index contributed by atoms with van der Waals surface area (Å²) in [5.74, 6) is -3.46. The number of hydrogen-bond acceptors (Lipinski definition) is 5. The molecular formula is C25H26F3N3O5. The summed E-state index contributed by atoms with van der Waals surface area (Å²) in [5.41, 5.74) is -0.000641. The predicted octanol–water partition coefficient (Wildman–Crippen LogP) is 4.16. The molecule has 8 nitrogen and oxygen atoms in total. The highest BCUT2D eigenvalue weighted by Crippen LogP contribution is 2.37. The highest BCUT2D eigenvalue weighted by molar-refractivity contribution is 6.06. The van der Waals surface area contributed by atoms with Crippen LogP contribution in [0.1, 0.15) is 48.1 Å². The molecule has 0 spiro atoms. The number of amides is 3. The van der Waals surface area contributed by atoms with E-state index in [4.69, 9.17) is 9.47 Å². The van der Waals surface area contributed by atoms with E-state index in [2.05, 4.69) is 10.6 Å². The molecule has 36 heavy (non-hydrogen) atoms. The fourth-order valence-electron chi connectivity index (χ4n) is 4.37. The van der Waals surface area contributed by atoms with E-state index in [1.54, 1.807) is 4.90 Å². The van der Waals surface area contributed by atoms with Gasteiger partial charge < -0.3 is 25.0 Å². The zero-order chi connectivity index (χ0) is 25.8. The molecule has 3 amide bonds. The molecular weight excluding hydrogens is 479 g/mol. The second-order valence-electron chi connectivity index (χ2n) is 8.80. The van der Waals surface area contributed by atoms with Crippen molar-refractivity contribution in [1.29, 1.82) is 0 Å². The van der Waals surface area contributed by atoms with Crippen LogP contribution in [-0.4, -0.2) is 49.1 Å². The number of benzene rings is 2. The zero-order valence-electron chi connectivity index (χ0n) is 19.6. The molecule has 2 aliphatic heterocycles. The molecule has 11 heteroatoms. The van der Waals surface area contributed by atoms with Gasteiger partial charge in [0.15, 0.2) is 11.6 Å². The molecule has 0 unspecified atom stereocenters.